The Balaban J connectivity index is 1.90. The molecule has 0 bridgehead atoms. The van der Waals surface area contributed by atoms with Crippen molar-refractivity contribution in [2.24, 2.45) is 0 Å². The Morgan fingerprint density at radius 3 is 2.60 bits per heavy atom. The number of rotatable bonds is 3. The highest BCUT2D eigenvalue weighted by Crippen LogP contribution is 2.28. The zero-order valence-corrected chi connectivity index (χ0v) is 12.4. The number of para-hydroxylation sites is 1. The molecular formula is C16H14BrN3. The number of nitrogens with one attached hydrogen (secondary N) is 1. The molecule has 3 N–H and O–H groups in total. The number of aromatic nitrogens is 1. The second kappa shape index (κ2) is 5.51. The van der Waals surface area contributed by atoms with Gasteiger partial charge < -0.3 is 11.1 Å². The van der Waals surface area contributed by atoms with Gasteiger partial charge in [-0.15, -0.1) is 0 Å². The predicted octanol–water partition coefficient (Wildman–Crippen LogP) is 4.19. The van der Waals surface area contributed by atoms with Crippen molar-refractivity contribution >= 4 is 38.2 Å². The molecule has 0 unspecified atom stereocenters. The molecule has 0 amide bonds. The van der Waals surface area contributed by atoms with Crippen LogP contribution in [0.3, 0.4) is 0 Å². The highest BCUT2D eigenvalue weighted by atomic mass is 79.9. The number of nitrogens with two attached hydrogens (primary N) is 1. The van der Waals surface area contributed by atoms with Crippen molar-refractivity contribution in [3.63, 3.8) is 0 Å². The van der Waals surface area contributed by atoms with Crippen LogP contribution in [0.1, 0.15) is 5.56 Å². The van der Waals surface area contributed by atoms with Crippen molar-refractivity contribution in [2.45, 2.75) is 6.54 Å². The molecule has 3 nitrogen and oxygen atoms in total. The van der Waals surface area contributed by atoms with Gasteiger partial charge in [-0.3, -0.25) is 4.98 Å². The van der Waals surface area contributed by atoms with Crippen LogP contribution in [0.4, 0.5) is 11.4 Å². The lowest BCUT2D eigenvalue weighted by atomic mass is 10.1. The number of anilines is 2. The smallest absolute Gasteiger partial charge is 0.0743 e. The molecule has 1 aromatic heterocycles. The maximum atomic E-state index is 6.04. The molecule has 0 radical (unpaired) electrons. The van der Waals surface area contributed by atoms with Gasteiger partial charge in [0.15, 0.2) is 0 Å². The van der Waals surface area contributed by atoms with E-state index in [2.05, 4.69) is 38.4 Å². The zero-order valence-electron chi connectivity index (χ0n) is 10.8. The number of hydrogen-bond acceptors (Lipinski definition) is 3. The molecule has 100 valence electrons. The minimum Gasteiger partial charge on any atom is -0.396 e. The van der Waals surface area contributed by atoms with Crippen LogP contribution in [0, 0.1) is 0 Å². The highest BCUT2D eigenvalue weighted by Gasteiger charge is 2.05. The van der Waals surface area contributed by atoms with E-state index in [1.807, 2.05) is 36.4 Å². The lowest BCUT2D eigenvalue weighted by Gasteiger charge is -2.12. The lowest BCUT2D eigenvalue weighted by molar-refractivity contribution is 1.15. The van der Waals surface area contributed by atoms with Gasteiger partial charge in [-0.25, -0.2) is 0 Å². The summed E-state index contributed by atoms with van der Waals surface area (Å²) in [7, 11) is 0. The van der Waals surface area contributed by atoms with Gasteiger partial charge in [0.05, 0.1) is 23.1 Å². The largest absolute Gasteiger partial charge is 0.396 e. The number of halogens is 1. The second-order valence-corrected chi connectivity index (χ2v) is 5.50. The molecule has 0 atom stereocenters. The van der Waals surface area contributed by atoms with E-state index in [4.69, 9.17) is 5.73 Å². The second-order valence-electron chi connectivity index (χ2n) is 4.59. The maximum Gasteiger partial charge on any atom is 0.0743 e. The number of hydrogen-bond donors (Lipinski definition) is 2. The fourth-order valence-corrected chi connectivity index (χ4v) is 2.41. The van der Waals surface area contributed by atoms with E-state index in [9.17, 15) is 0 Å². The SMILES string of the molecule is Nc1cnc2ccccc2c1NCc1ccc(Br)cc1. The van der Waals surface area contributed by atoms with Gasteiger partial charge in [0, 0.05) is 16.4 Å². The van der Waals surface area contributed by atoms with Gasteiger partial charge in [-0.1, -0.05) is 46.3 Å². The fraction of sp³-hybridized carbons (Fsp3) is 0.0625. The molecule has 20 heavy (non-hydrogen) atoms. The monoisotopic (exact) mass is 327 g/mol. The Bertz CT molecular complexity index is 738. The van der Waals surface area contributed by atoms with E-state index in [0.717, 1.165) is 27.6 Å². The van der Waals surface area contributed by atoms with Crippen LogP contribution in [0.15, 0.2) is 59.2 Å². The molecule has 3 aromatic rings. The van der Waals surface area contributed by atoms with Gasteiger partial charge in [-0.05, 0) is 23.8 Å². The summed E-state index contributed by atoms with van der Waals surface area (Å²) >= 11 is 3.44. The van der Waals surface area contributed by atoms with E-state index in [0.29, 0.717) is 5.69 Å². The summed E-state index contributed by atoms with van der Waals surface area (Å²) in [5.41, 5.74) is 9.80. The van der Waals surface area contributed by atoms with Gasteiger partial charge in [0.2, 0.25) is 0 Å². The van der Waals surface area contributed by atoms with E-state index in [-0.39, 0.29) is 0 Å². The molecule has 2 aromatic carbocycles. The van der Waals surface area contributed by atoms with Gasteiger partial charge >= 0.3 is 0 Å². The Morgan fingerprint density at radius 1 is 1.05 bits per heavy atom. The molecule has 0 spiro atoms. The fourth-order valence-electron chi connectivity index (χ4n) is 2.15. The van der Waals surface area contributed by atoms with Crippen molar-refractivity contribution < 1.29 is 0 Å². The lowest BCUT2D eigenvalue weighted by Crippen LogP contribution is -2.03. The third-order valence-corrected chi connectivity index (χ3v) is 3.72. The minimum absolute atomic E-state index is 0.667. The molecule has 0 saturated heterocycles. The van der Waals surface area contributed by atoms with Gasteiger partial charge in [-0.2, -0.15) is 0 Å². The van der Waals surface area contributed by atoms with Crippen LogP contribution in [-0.4, -0.2) is 4.98 Å². The maximum absolute atomic E-state index is 6.04. The van der Waals surface area contributed by atoms with Crippen LogP contribution in [0.25, 0.3) is 10.9 Å². The minimum atomic E-state index is 0.667. The summed E-state index contributed by atoms with van der Waals surface area (Å²) in [6.45, 7) is 0.728. The summed E-state index contributed by atoms with van der Waals surface area (Å²) < 4.78 is 1.08. The Labute approximate surface area is 126 Å². The molecule has 0 aliphatic carbocycles. The van der Waals surface area contributed by atoms with E-state index in [1.54, 1.807) is 6.20 Å². The Morgan fingerprint density at radius 2 is 1.80 bits per heavy atom. The number of benzene rings is 2. The number of nitrogen functional groups attached to an aromatic ring is 1. The van der Waals surface area contributed by atoms with E-state index in [1.165, 1.54) is 5.56 Å². The average Bonchev–Trinajstić information content (AvgIpc) is 2.48. The summed E-state index contributed by atoms with van der Waals surface area (Å²) in [5, 5.41) is 4.46. The quantitative estimate of drug-likeness (QED) is 0.758. The van der Waals surface area contributed by atoms with Crippen LogP contribution < -0.4 is 11.1 Å². The van der Waals surface area contributed by atoms with Crippen molar-refractivity contribution in [3.05, 3.63) is 64.8 Å². The van der Waals surface area contributed by atoms with Crippen molar-refractivity contribution in [1.29, 1.82) is 0 Å². The molecule has 1 heterocycles. The third kappa shape index (κ3) is 2.60. The van der Waals surface area contributed by atoms with Crippen molar-refractivity contribution in [1.82, 2.24) is 4.98 Å². The highest BCUT2D eigenvalue weighted by molar-refractivity contribution is 9.10. The molecule has 0 fully saturated rings. The summed E-state index contributed by atoms with van der Waals surface area (Å²) in [5.74, 6) is 0. The van der Waals surface area contributed by atoms with Crippen molar-refractivity contribution in [3.8, 4) is 0 Å². The van der Waals surface area contributed by atoms with Crippen LogP contribution in [-0.2, 0) is 6.54 Å². The first-order valence-electron chi connectivity index (χ1n) is 6.35. The summed E-state index contributed by atoms with van der Waals surface area (Å²) in [4.78, 5) is 4.34. The third-order valence-electron chi connectivity index (χ3n) is 3.19. The van der Waals surface area contributed by atoms with Crippen LogP contribution in [0.5, 0.6) is 0 Å². The number of pyridine rings is 1. The summed E-state index contributed by atoms with van der Waals surface area (Å²) in [6, 6.07) is 16.2. The van der Waals surface area contributed by atoms with Gasteiger partial charge in [0.25, 0.3) is 0 Å². The molecule has 0 saturated carbocycles. The summed E-state index contributed by atoms with van der Waals surface area (Å²) in [6.07, 6.45) is 1.70. The first-order chi connectivity index (χ1) is 9.74. The van der Waals surface area contributed by atoms with Crippen LogP contribution in [0.2, 0.25) is 0 Å². The van der Waals surface area contributed by atoms with E-state index < -0.39 is 0 Å². The predicted molar refractivity (Wildman–Crippen MR) is 87.6 cm³/mol. The van der Waals surface area contributed by atoms with Gasteiger partial charge in [0.1, 0.15) is 0 Å². The number of fused-ring (bicyclic) bond motifs is 1. The first-order valence-corrected chi connectivity index (χ1v) is 7.15. The molecular weight excluding hydrogens is 314 g/mol. The molecule has 4 heteroatoms. The molecule has 0 aliphatic heterocycles. The normalized spacial score (nSPS) is 10.7. The Hall–Kier alpha value is -2.07. The standard InChI is InChI=1S/C16H14BrN3/c17-12-7-5-11(6-8-12)9-20-16-13-3-1-2-4-15(13)19-10-14(16)18/h1-8,10H,9,18H2,(H,19,20). The van der Waals surface area contributed by atoms with Crippen LogP contribution >= 0.6 is 15.9 Å². The Kier molecular flexibility index (Phi) is 3.56. The van der Waals surface area contributed by atoms with Crippen molar-refractivity contribution in [2.75, 3.05) is 11.1 Å². The number of nitrogens with zero attached hydrogens (tertiary/aromatic N) is 1. The van der Waals surface area contributed by atoms with E-state index >= 15 is 0 Å². The first kappa shape index (κ1) is 12.9. The molecule has 0 aliphatic rings. The zero-order chi connectivity index (χ0) is 13.9. The topological polar surface area (TPSA) is 50.9 Å². The molecule has 3 rings (SSSR count). The average molecular weight is 328 g/mol.